The highest BCUT2D eigenvalue weighted by molar-refractivity contribution is 6.98. The first kappa shape index (κ1) is 29.5. The van der Waals surface area contributed by atoms with Gasteiger partial charge in [0.2, 0.25) is 6.71 Å². The molecule has 0 nitrogen and oxygen atoms in total. The number of hydrogen-bond donors (Lipinski definition) is 0. The van der Waals surface area contributed by atoms with Crippen molar-refractivity contribution in [1.29, 1.82) is 0 Å². The maximum Gasteiger partial charge on any atom is 0.243 e. The average Bonchev–Trinajstić information content (AvgIpc) is 3.21. The molecule has 1 heteroatoms. The summed E-state index contributed by atoms with van der Waals surface area (Å²) in [6.07, 6.45) is 2.93. The standard InChI is InChI=1S/C51H35B/c1-4-10-33(11-5-1)36-16-20-38(21-17-36)41-26-45-30-43-24-40(35-14-8-3-9-15-35)25-44-31-46-27-42(39-22-18-37(19-23-39)34-12-6-2-7-13-34)29-48-32-47(28-41)50(45)52(49(43)44)51(46)48/h1-29H,30-32H2. The van der Waals surface area contributed by atoms with E-state index in [9.17, 15) is 0 Å². The molecule has 3 aliphatic rings. The largest absolute Gasteiger partial charge is 0.243 e. The van der Waals surface area contributed by atoms with Gasteiger partial charge in [-0.2, -0.15) is 0 Å². The van der Waals surface area contributed by atoms with Gasteiger partial charge in [-0.3, -0.25) is 0 Å². The highest BCUT2D eigenvalue weighted by atomic mass is 14.3. The summed E-state index contributed by atoms with van der Waals surface area (Å²) in [5.74, 6) is 0. The van der Waals surface area contributed by atoms with Gasteiger partial charge in [-0.25, -0.2) is 0 Å². The minimum atomic E-state index is 0.296. The number of rotatable bonds is 5. The van der Waals surface area contributed by atoms with Crippen molar-refractivity contribution in [2.45, 2.75) is 19.3 Å². The fourth-order valence-electron chi connectivity index (χ4n) is 9.48. The first-order valence-electron chi connectivity index (χ1n) is 18.6. The Balaban J connectivity index is 1.07. The summed E-state index contributed by atoms with van der Waals surface area (Å²) in [6, 6.07) is 65.7. The van der Waals surface area contributed by atoms with Crippen molar-refractivity contribution in [2.75, 3.05) is 0 Å². The zero-order valence-electron chi connectivity index (χ0n) is 28.9. The van der Waals surface area contributed by atoms with Crippen molar-refractivity contribution in [1.82, 2.24) is 0 Å². The summed E-state index contributed by atoms with van der Waals surface area (Å²) in [7, 11) is 0. The quantitative estimate of drug-likeness (QED) is 0.162. The van der Waals surface area contributed by atoms with Crippen LogP contribution < -0.4 is 16.4 Å². The molecule has 0 bridgehead atoms. The molecule has 0 fully saturated rings. The monoisotopic (exact) mass is 658 g/mol. The third-order valence-corrected chi connectivity index (χ3v) is 11.8. The summed E-state index contributed by atoms with van der Waals surface area (Å²) in [5.41, 5.74) is 26.5. The zero-order valence-corrected chi connectivity index (χ0v) is 28.9. The van der Waals surface area contributed by atoms with Gasteiger partial charge in [0.25, 0.3) is 0 Å². The lowest BCUT2D eigenvalue weighted by molar-refractivity contribution is 1.10. The van der Waals surface area contributed by atoms with Crippen LogP contribution >= 0.6 is 0 Å². The predicted octanol–water partition coefficient (Wildman–Crippen LogP) is 10.3. The molecule has 3 heterocycles. The van der Waals surface area contributed by atoms with Gasteiger partial charge >= 0.3 is 0 Å². The van der Waals surface area contributed by atoms with E-state index in [4.69, 9.17) is 0 Å². The van der Waals surface area contributed by atoms with Crippen LogP contribution in [0.15, 0.2) is 176 Å². The Morgan fingerprint density at radius 3 is 0.712 bits per heavy atom. The topological polar surface area (TPSA) is 0 Å². The summed E-state index contributed by atoms with van der Waals surface area (Å²) in [4.78, 5) is 0. The SMILES string of the molecule is c1ccc(-c2ccc(-c3cc4c5c(c3)Cc3cc(-c6ccc(-c7ccccc7)cc6)cc6c3B5c3c(cc(-c5ccccc5)cc3C6)C4)cc2)cc1. The van der Waals surface area contributed by atoms with Crippen molar-refractivity contribution < 1.29 is 0 Å². The van der Waals surface area contributed by atoms with Crippen LogP contribution in [0.25, 0.3) is 55.6 Å². The van der Waals surface area contributed by atoms with Gasteiger partial charge in [-0.15, -0.1) is 0 Å². The lowest BCUT2D eigenvalue weighted by Crippen LogP contribution is -2.64. The first-order valence-corrected chi connectivity index (χ1v) is 18.6. The van der Waals surface area contributed by atoms with Crippen LogP contribution in [0, 0.1) is 0 Å². The van der Waals surface area contributed by atoms with Gasteiger partial charge in [0, 0.05) is 0 Å². The molecule has 0 saturated heterocycles. The Bertz CT molecular complexity index is 2490. The number of benzene rings is 8. The Morgan fingerprint density at radius 2 is 0.442 bits per heavy atom. The van der Waals surface area contributed by atoms with E-state index in [1.807, 2.05) is 0 Å². The smallest absolute Gasteiger partial charge is 0.0622 e. The summed E-state index contributed by atoms with van der Waals surface area (Å²) >= 11 is 0. The second-order valence-electron chi connectivity index (χ2n) is 14.8. The van der Waals surface area contributed by atoms with Crippen molar-refractivity contribution in [3.8, 4) is 55.6 Å². The highest BCUT2D eigenvalue weighted by Gasteiger charge is 2.42. The van der Waals surface area contributed by atoms with Crippen molar-refractivity contribution in [2.24, 2.45) is 0 Å². The molecule has 3 aliphatic heterocycles. The van der Waals surface area contributed by atoms with Gasteiger partial charge < -0.3 is 0 Å². The molecule has 242 valence electrons. The van der Waals surface area contributed by atoms with Crippen LogP contribution in [0.2, 0.25) is 0 Å². The van der Waals surface area contributed by atoms with Gasteiger partial charge in [0.15, 0.2) is 0 Å². The van der Waals surface area contributed by atoms with Gasteiger partial charge in [-0.05, 0) is 108 Å². The van der Waals surface area contributed by atoms with Crippen molar-refractivity contribution in [3.63, 3.8) is 0 Å². The second kappa shape index (κ2) is 11.7. The van der Waals surface area contributed by atoms with Crippen molar-refractivity contribution >= 4 is 23.1 Å². The maximum absolute atomic E-state index is 2.51. The maximum atomic E-state index is 2.51. The molecule has 52 heavy (non-hydrogen) atoms. The molecule has 0 aromatic heterocycles. The van der Waals surface area contributed by atoms with Crippen LogP contribution in [0.3, 0.4) is 0 Å². The summed E-state index contributed by atoms with van der Waals surface area (Å²) in [5, 5.41) is 0. The molecule has 8 aromatic rings. The summed E-state index contributed by atoms with van der Waals surface area (Å²) < 4.78 is 0. The number of hydrogen-bond acceptors (Lipinski definition) is 0. The van der Waals surface area contributed by atoms with E-state index in [2.05, 4.69) is 176 Å². The molecule has 0 unspecified atom stereocenters. The Kier molecular flexibility index (Phi) is 6.64. The molecule has 0 N–H and O–H groups in total. The molecule has 0 radical (unpaired) electrons. The van der Waals surface area contributed by atoms with Crippen LogP contribution in [-0.4, -0.2) is 6.71 Å². The molecule has 0 atom stereocenters. The fourth-order valence-corrected chi connectivity index (χ4v) is 9.48. The molecule has 0 amide bonds. The van der Waals surface area contributed by atoms with E-state index < -0.39 is 0 Å². The molecular weight excluding hydrogens is 623 g/mol. The van der Waals surface area contributed by atoms with Crippen LogP contribution in [0.4, 0.5) is 0 Å². The van der Waals surface area contributed by atoms with E-state index >= 15 is 0 Å². The Morgan fingerprint density at radius 1 is 0.231 bits per heavy atom. The molecule has 11 rings (SSSR count). The molecule has 8 aromatic carbocycles. The minimum absolute atomic E-state index is 0.296. The minimum Gasteiger partial charge on any atom is -0.0622 e. The molecule has 0 aliphatic carbocycles. The lowest BCUT2D eigenvalue weighted by Gasteiger charge is -2.40. The van der Waals surface area contributed by atoms with E-state index in [1.54, 1.807) is 16.4 Å². The molecular formula is C51H35B. The predicted molar refractivity (Wildman–Crippen MR) is 220 cm³/mol. The van der Waals surface area contributed by atoms with E-state index in [-0.39, 0.29) is 0 Å². The third kappa shape index (κ3) is 4.77. The lowest BCUT2D eigenvalue weighted by atomic mass is 9.28. The van der Waals surface area contributed by atoms with Crippen molar-refractivity contribution in [3.05, 3.63) is 209 Å². The van der Waals surface area contributed by atoms with E-state index in [0.29, 0.717) is 6.71 Å². The zero-order chi connectivity index (χ0) is 34.2. The van der Waals surface area contributed by atoms with Gasteiger partial charge in [-0.1, -0.05) is 192 Å². The van der Waals surface area contributed by atoms with Crippen LogP contribution in [-0.2, 0) is 19.3 Å². The second-order valence-corrected chi connectivity index (χ2v) is 14.8. The average molecular weight is 659 g/mol. The Labute approximate surface area is 306 Å². The fraction of sp³-hybridized carbons (Fsp3) is 0.0588. The van der Waals surface area contributed by atoms with Gasteiger partial charge in [0.1, 0.15) is 0 Å². The first-order chi connectivity index (χ1) is 25.7. The van der Waals surface area contributed by atoms with Gasteiger partial charge in [0.05, 0.1) is 0 Å². The van der Waals surface area contributed by atoms with E-state index in [1.165, 1.54) is 89.0 Å². The van der Waals surface area contributed by atoms with E-state index in [0.717, 1.165) is 19.3 Å². The van der Waals surface area contributed by atoms with Crippen LogP contribution in [0.1, 0.15) is 33.4 Å². The highest BCUT2D eigenvalue weighted by Crippen LogP contribution is 2.37. The molecule has 0 saturated carbocycles. The Hall–Kier alpha value is -6.18. The normalized spacial score (nSPS) is 13.1. The molecule has 0 spiro atoms. The summed E-state index contributed by atoms with van der Waals surface area (Å²) in [6.45, 7) is 0.296. The van der Waals surface area contributed by atoms with Crippen LogP contribution in [0.5, 0.6) is 0 Å². The third-order valence-electron chi connectivity index (χ3n) is 11.8.